The molecular formula is C12H25NO3S. The number of carbonyl (C=O) groups excluding carboxylic acids is 1. The largest absolute Gasteiger partial charge is 0.395 e. The normalized spacial score (nSPS) is 10.9. The molecule has 0 spiro atoms. The third-order valence-corrected chi connectivity index (χ3v) is 3.61. The summed E-state index contributed by atoms with van der Waals surface area (Å²) in [5.41, 5.74) is 0. The molecule has 0 aliphatic carbocycles. The molecule has 17 heavy (non-hydrogen) atoms. The second-order valence-corrected chi connectivity index (χ2v) is 4.93. The van der Waals surface area contributed by atoms with Gasteiger partial charge in [-0.2, -0.15) is 0 Å². The summed E-state index contributed by atoms with van der Waals surface area (Å²) >= 11 is 1.58. The van der Waals surface area contributed by atoms with Crippen LogP contribution in [0, 0.1) is 0 Å². The molecule has 0 bridgehead atoms. The van der Waals surface area contributed by atoms with E-state index in [-0.39, 0.29) is 18.6 Å². The highest BCUT2D eigenvalue weighted by molar-refractivity contribution is 7.99. The number of thioether (sulfide) groups is 1. The molecule has 0 rings (SSSR count). The van der Waals surface area contributed by atoms with Crippen LogP contribution in [0.5, 0.6) is 0 Å². The van der Waals surface area contributed by atoms with Gasteiger partial charge in [0, 0.05) is 25.4 Å². The lowest BCUT2D eigenvalue weighted by Crippen LogP contribution is -2.42. The highest BCUT2D eigenvalue weighted by Gasteiger charge is 2.19. The van der Waals surface area contributed by atoms with Gasteiger partial charge in [-0.05, 0) is 12.8 Å². The average Bonchev–Trinajstić information content (AvgIpc) is 2.34. The smallest absolute Gasteiger partial charge is 0.232 e. The van der Waals surface area contributed by atoms with E-state index in [0.29, 0.717) is 18.9 Å². The van der Waals surface area contributed by atoms with Gasteiger partial charge in [0.1, 0.15) is 0 Å². The Morgan fingerprint density at radius 1 is 1.41 bits per heavy atom. The Morgan fingerprint density at radius 3 is 2.53 bits per heavy atom. The van der Waals surface area contributed by atoms with Crippen LogP contribution in [0.1, 0.15) is 26.7 Å². The van der Waals surface area contributed by atoms with Crippen LogP contribution in [0.3, 0.4) is 0 Å². The Bertz CT molecular complexity index is 198. The molecule has 102 valence electrons. The van der Waals surface area contributed by atoms with Crippen molar-refractivity contribution in [3.8, 4) is 0 Å². The van der Waals surface area contributed by atoms with Crippen LogP contribution in [-0.2, 0) is 9.53 Å². The first-order chi connectivity index (χ1) is 8.21. The summed E-state index contributed by atoms with van der Waals surface area (Å²) in [5.74, 6) is 1.42. The van der Waals surface area contributed by atoms with Crippen molar-refractivity contribution in [2.45, 2.75) is 32.7 Å². The number of ether oxygens (including phenoxy) is 1. The summed E-state index contributed by atoms with van der Waals surface area (Å²) in [6.45, 7) is 5.29. The minimum Gasteiger partial charge on any atom is -0.395 e. The zero-order valence-corrected chi connectivity index (χ0v) is 12.0. The summed E-state index contributed by atoms with van der Waals surface area (Å²) in [6.07, 6.45) is 1.87. The molecule has 0 unspecified atom stereocenters. The van der Waals surface area contributed by atoms with Crippen molar-refractivity contribution in [3.05, 3.63) is 0 Å². The van der Waals surface area contributed by atoms with Gasteiger partial charge in [0.2, 0.25) is 5.91 Å². The van der Waals surface area contributed by atoms with Crippen LogP contribution in [-0.4, -0.2) is 60.3 Å². The van der Waals surface area contributed by atoms with E-state index in [2.05, 4.69) is 13.8 Å². The van der Waals surface area contributed by atoms with Crippen molar-refractivity contribution < 1.29 is 14.6 Å². The standard InChI is InChI=1S/C12H25NO3S/c1-4-11(5-2)13(6-7-14)12(15)10-17-9-8-16-3/h11,14H,4-10H2,1-3H3. The predicted octanol–water partition coefficient (Wildman–Crippen LogP) is 1.38. The Labute approximate surface area is 109 Å². The van der Waals surface area contributed by atoms with Crippen molar-refractivity contribution in [3.63, 3.8) is 0 Å². The topological polar surface area (TPSA) is 49.8 Å². The molecule has 0 radical (unpaired) electrons. The molecule has 4 nitrogen and oxygen atoms in total. The van der Waals surface area contributed by atoms with Crippen LogP contribution in [0.15, 0.2) is 0 Å². The molecule has 5 heteroatoms. The summed E-state index contributed by atoms with van der Waals surface area (Å²) in [7, 11) is 1.66. The van der Waals surface area contributed by atoms with E-state index in [1.165, 1.54) is 0 Å². The van der Waals surface area contributed by atoms with Crippen molar-refractivity contribution in [1.29, 1.82) is 0 Å². The summed E-state index contributed by atoms with van der Waals surface area (Å²) in [4.78, 5) is 13.8. The van der Waals surface area contributed by atoms with Gasteiger partial charge in [0.15, 0.2) is 0 Å². The Morgan fingerprint density at radius 2 is 2.06 bits per heavy atom. The van der Waals surface area contributed by atoms with Crippen LogP contribution >= 0.6 is 11.8 Å². The number of amides is 1. The Kier molecular flexibility index (Phi) is 10.7. The van der Waals surface area contributed by atoms with E-state index in [1.54, 1.807) is 23.8 Å². The highest BCUT2D eigenvalue weighted by Crippen LogP contribution is 2.11. The molecule has 0 saturated carbocycles. The molecule has 0 aromatic rings. The zero-order chi connectivity index (χ0) is 13.1. The fraction of sp³-hybridized carbons (Fsp3) is 0.917. The third-order valence-electron chi connectivity index (χ3n) is 2.70. The maximum Gasteiger partial charge on any atom is 0.232 e. The number of carbonyl (C=O) groups is 1. The van der Waals surface area contributed by atoms with Crippen LogP contribution in [0.2, 0.25) is 0 Å². The Hall–Kier alpha value is -0.260. The van der Waals surface area contributed by atoms with E-state index >= 15 is 0 Å². The van der Waals surface area contributed by atoms with Crippen LogP contribution < -0.4 is 0 Å². The Balaban J connectivity index is 4.13. The third kappa shape index (κ3) is 6.91. The fourth-order valence-corrected chi connectivity index (χ4v) is 2.50. The van der Waals surface area contributed by atoms with Gasteiger partial charge in [-0.3, -0.25) is 4.79 Å². The van der Waals surface area contributed by atoms with Gasteiger partial charge in [0.05, 0.1) is 19.0 Å². The lowest BCUT2D eigenvalue weighted by molar-refractivity contribution is -0.131. The maximum absolute atomic E-state index is 12.0. The minimum atomic E-state index is 0.0327. The lowest BCUT2D eigenvalue weighted by atomic mass is 10.1. The molecule has 0 atom stereocenters. The van der Waals surface area contributed by atoms with Gasteiger partial charge < -0.3 is 14.7 Å². The first-order valence-corrected chi connectivity index (χ1v) is 7.33. The first kappa shape index (κ1) is 16.7. The molecule has 0 fully saturated rings. The van der Waals surface area contributed by atoms with E-state index < -0.39 is 0 Å². The van der Waals surface area contributed by atoms with Gasteiger partial charge in [-0.1, -0.05) is 13.8 Å². The summed E-state index contributed by atoms with van der Waals surface area (Å²) in [6, 6.07) is 0.248. The van der Waals surface area contributed by atoms with Gasteiger partial charge in [0.25, 0.3) is 0 Å². The molecule has 1 amide bonds. The molecular weight excluding hydrogens is 238 g/mol. The summed E-state index contributed by atoms with van der Waals surface area (Å²) < 4.78 is 4.94. The van der Waals surface area contributed by atoms with Gasteiger partial charge in [-0.25, -0.2) is 0 Å². The van der Waals surface area contributed by atoms with E-state index in [9.17, 15) is 4.79 Å². The van der Waals surface area contributed by atoms with Crippen molar-refractivity contribution >= 4 is 17.7 Å². The molecule has 0 saturated heterocycles. The quantitative estimate of drug-likeness (QED) is 0.605. The number of aliphatic hydroxyl groups excluding tert-OH is 1. The van der Waals surface area contributed by atoms with E-state index in [0.717, 1.165) is 18.6 Å². The highest BCUT2D eigenvalue weighted by atomic mass is 32.2. The van der Waals surface area contributed by atoms with E-state index in [4.69, 9.17) is 9.84 Å². The second kappa shape index (κ2) is 10.9. The lowest BCUT2D eigenvalue weighted by Gasteiger charge is -2.30. The molecule has 0 aromatic carbocycles. The van der Waals surface area contributed by atoms with Gasteiger partial charge in [-0.15, -0.1) is 11.8 Å². The first-order valence-electron chi connectivity index (χ1n) is 6.18. The number of hydrogen-bond donors (Lipinski definition) is 1. The predicted molar refractivity (Wildman–Crippen MR) is 72.4 cm³/mol. The van der Waals surface area contributed by atoms with Crippen LogP contribution in [0.25, 0.3) is 0 Å². The van der Waals surface area contributed by atoms with Crippen molar-refractivity contribution in [2.24, 2.45) is 0 Å². The summed E-state index contributed by atoms with van der Waals surface area (Å²) in [5, 5.41) is 9.01. The fourth-order valence-electron chi connectivity index (χ4n) is 1.73. The molecule has 0 heterocycles. The number of aliphatic hydroxyl groups is 1. The zero-order valence-electron chi connectivity index (χ0n) is 11.1. The number of methoxy groups -OCH3 is 1. The van der Waals surface area contributed by atoms with Gasteiger partial charge >= 0.3 is 0 Å². The molecule has 0 aliphatic heterocycles. The monoisotopic (exact) mass is 263 g/mol. The molecule has 0 aliphatic rings. The average molecular weight is 263 g/mol. The van der Waals surface area contributed by atoms with E-state index in [1.807, 2.05) is 0 Å². The van der Waals surface area contributed by atoms with Crippen LogP contribution in [0.4, 0.5) is 0 Å². The molecule has 1 N–H and O–H groups in total. The minimum absolute atomic E-state index is 0.0327. The molecule has 0 aromatic heterocycles. The second-order valence-electron chi connectivity index (χ2n) is 3.83. The van der Waals surface area contributed by atoms with Crippen molar-refractivity contribution in [2.75, 3.05) is 38.4 Å². The number of nitrogens with zero attached hydrogens (tertiary/aromatic N) is 1. The van der Waals surface area contributed by atoms with Crippen molar-refractivity contribution in [1.82, 2.24) is 4.90 Å². The SMILES string of the molecule is CCC(CC)N(CCO)C(=O)CSCCOC. The maximum atomic E-state index is 12.0. The number of hydrogen-bond acceptors (Lipinski definition) is 4. The number of rotatable bonds is 10.